The molecule has 9 atom stereocenters. The zero-order valence-electron chi connectivity index (χ0n) is 30.6. The molecule has 0 bridgehead atoms. The summed E-state index contributed by atoms with van der Waals surface area (Å²) in [7, 11) is 3.71. The number of amides is 1. The lowest BCUT2D eigenvalue weighted by molar-refractivity contribution is -0.170. The van der Waals surface area contributed by atoms with E-state index in [1.807, 2.05) is 59.1 Å². The van der Waals surface area contributed by atoms with Crippen molar-refractivity contribution < 1.29 is 28.6 Å². The molecule has 4 rings (SSSR count). The molecule has 0 saturated carbocycles. The molecule has 268 valence electrons. The number of methoxy groups -OCH3 is 1. The van der Waals surface area contributed by atoms with E-state index in [1.165, 1.54) is 0 Å². The maximum absolute atomic E-state index is 13.8. The molecule has 4 heterocycles. The summed E-state index contributed by atoms with van der Waals surface area (Å²) in [5.74, 6) is -2.29. The molecule has 2 aliphatic rings. The van der Waals surface area contributed by atoms with Gasteiger partial charge in [0.05, 0.1) is 23.5 Å². The molecular weight excluding hydrogens is 623 g/mol. The zero-order chi connectivity index (χ0) is 35.9. The molecule has 12 nitrogen and oxygen atoms in total. The molecular formula is C36H55BN6O6. The van der Waals surface area contributed by atoms with Gasteiger partial charge in [-0.05, 0) is 83.3 Å². The first-order valence-corrected chi connectivity index (χ1v) is 17.8. The quantitative estimate of drug-likeness (QED) is 0.128. The molecule has 0 spiro atoms. The second kappa shape index (κ2) is 16.4. The molecule has 0 radical (unpaired) electrons. The van der Waals surface area contributed by atoms with Crippen molar-refractivity contribution in [3.05, 3.63) is 43.2 Å². The minimum absolute atomic E-state index is 0.158. The van der Waals surface area contributed by atoms with Crippen LogP contribution in [0.4, 0.5) is 4.79 Å². The van der Waals surface area contributed by atoms with Crippen LogP contribution in [0.3, 0.4) is 0 Å². The number of carbonyl (C=O) groups excluding carboxylic acids is 3. The number of aryl methyl sites for hydroxylation is 1. The van der Waals surface area contributed by atoms with E-state index in [9.17, 15) is 14.4 Å². The van der Waals surface area contributed by atoms with Crippen LogP contribution in [0, 0.1) is 17.8 Å². The number of ketones is 1. The summed E-state index contributed by atoms with van der Waals surface area (Å²) in [5, 5.41) is 12.2. The SMILES string of the molecule is B[C@@H]1[C@@H](C)C(=O)[C@@H](C)C(=O)O[C@H](CC)[C@@]2(C)OC(=O)N(CCCCn3cc(-c4ccccn4)nn3)[C@@H]2[C@@H](C)NC[C@H](C)C[C@@]1(CC=C)OC. The van der Waals surface area contributed by atoms with Gasteiger partial charge in [-0.1, -0.05) is 38.1 Å². The summed E-state index contributed by atoms with van der Waals surface area (Å²) in [4.78, 5) is 47.1. The van der Waals surface area contributed by atoms with Crippen LogP contribution in [0.5, 0.6) is 0 Å². The van der Waals surface area contributed by atoms with E-state index in [0.717, 1.165) is 12.1 Å². The zero-order valence-corrected chi connectivity index (χ0v) is 30.6. The highest BCUT2D eigenvalue weighted by Gasteiger charge is 2.58. The van der Waals surface area contributed by atoms with Crippen molar-refractivity contribution in [3.63, 3.8) is 0 Å². The van der Waals surface area contributed by atoms with Crippen molar-refractivity contribution in [1.29, 1.82) is 0 Å². The van der Waals surface area contributed by atoms with Crippen LogP contribution in [0.2, 0.25) is 5.82 Å². The van der Waals surface area contributed by atoms with Crippen molar-refractivity contribution in [1.82, 2.24) is 30.2 Å². The van der Waals surface area contributed by atoms with Crippen LogP contribution in [0.15, 0.2) is 43.2 Å². The highest BCUT2D eigenvalue weighted by Crippen LogP contribution is 2.42. The van der Waals surface area contributed by atoms with E-state index < -0.39 is 47.2 Å². The molecule has 0 aliphatic carbocycles. The Morgan fingerprint density at radius 2 is 1.88 bits per heavy atom. The second-order valence-electron chi connectivity index (χ2n) is 14.3. The normalized spacial score (nSPS) is 33.2. The minimum Gasteiger partial charge on any atom is -0.458 e. The number of ether oxygens (including phenoxy) is 3. The lowest BCUT2D eigenvalue weighted by Gasteiger charge is -2.42. The van der Waals surface area contributed by atoms with Gasteiger partial charge in [-0.15, -0.1) is 11.7 Å². The van der Waals surface area contributed by atoms with Gasteiger partial charge in [-0.2, -0.15) is 0 Å². The van der Waals surface area contributed by atoms with Crippen LogP contribution in [0.25, 0.3) is 11.4 Å². The third-order valence-corrected chi connectivity index (χ3v) is 10.9. The summed E-state index contributed by atoms with van der Waals surface area (Å²) in [5.41, 5.74) is -0.333. The van der Waals surface area contributed by atoms with Gasteiger partial charge in [-0.3, -0.25) is 24.2 Å². The average molecular weight is 679 g/mol. The summed E-state index contributed by atoms with van der Waals surface area (Å²) >= 11 is 0. The summed E-state index contributed by atoms with van der Waals surface area (Å²) in [6.07, 6.45) is 7.33. The van der Waals surface area contributed by atoms with Crippen LogP contribution < -0.4 is 5.32 Å². The second-order valence-corrected chi connectivity index (χ2v) is 14.3. The topological polar surface area (TPSA) is 138 Å². The Balaban J connectivity index is 1.57. The number of hydrogen-bond donors (Lipinski definition) is 1. The van der Waals surface area contributed by atoms with Gasteiger partial charge in [0.1, 0.15) is 31.3 Å². The fourth-order valence-corrected chi connectivity index (χ4v) is 7.85. The van der Waals surface area contributed by atoms with Gasteiger partial charge in [0.25, 0.3) is 0 Å². The highest BCUT2D eigenvalue weighted by molar-refractivity contribution is 6.15. The molecule has 0 unspecified atom stereocenters. The predicted molar refractivity (Wildman–Crippen MR) is 189 cm³/mol. The number of hydrogen-bond acceptors (Lipinski definition) is 10. The number of pyridine rings is 1. The fourth-order valence-electron chi connectivity index (χ4n) is 7.85. The van der Waals surface area contributed by atoms with Gasteiger partial charge < -0.3 is 19.5 Å². The first-order chi connectivity index (χ1) is 23.3. The van der Waals surface area contributed by atoms with Crippen molar-refractivity contribution in [2.75, 3.05) is 20.2 Å². The number of cyclic esters (lactones) is 1. The van der Waals surface area contributed by atoms with Crippen LogP contribution in [-0.2, 0) is 30.3 Å². The van der Waals surface area contributed by atoms with E-state index in [0.29, 0.717) is 51.0 Å². The van der Waals surface area contributed by atoms with E-state index >= 15 is 0 Å². The fraction of sp³-hybridized carbons (Fsp3) is 0.667. The maximum atomic E-state index is 13.8. The number of nitrogens with one attached hydrogen (secondary N) is 1. The van der Waals surface area contributed by atoms with Crippen LogP contribution in [-0.4, -0.2) is 100 Å². The number of Topliss-reactive ketones (excluding diaryl/α,β-unsaturated/α-hetero) is 1. The van der Waals surface area contributed by atoms with Crippen LogP contribution in [0.1, 0.15) is 73.6 Å². The number of unbranched alkanes of at least 4 members (excludes halogenated alkanes) is 1. The Bertz CT molecular complexity index is 1440. The largest absolute Gasteiger partial charge is 0.458 e. The minimum atomic E-state index is -1.15. The number of carbonyl (C=O) groups is 3. The first-order valence-electron chi connectivity index (χ1n) is 17.8. The smallest absolute Gasteiger partial charge is 0.410 e. The Morgan fingerprint density at radius 3 is 2.53 bits per heavy atom. The maximum Gasteiger partial charge on any atom is 0.410 e. The summed E-state index contributed by atoms with van der Waals surface area (Å²) < 4.78 is 20.3. The van der Waals surface area contributed by atoms with Crippen molar-refractivity contribution in [2.24, 2.45) is 17.8 Å². The number of aromatic nitrogens is 4. The molecule has 2 aromatic heterocycles. The van der Waals surface area contributed by atoms with Crippen molar-refractivity contribution >= 4 is 25.7 Å². The molecule has 2 aliphatic heterocycles. The Kier molecular flexibility index (Phi) is 12.8. The molecule has 2 fully saturated rings. The molecule has 2 saturated heterocycles. The van der Waals surface area contributed by atoms with Crippen LogP contribution >= 0.6 is 0 Å². The lowest BCUT2D eigenvalue weighted by atomic mass is 9.60. The predicted octanol–water partition coefficient (Wildman–Crippen LogP) is 4.26. The molecule has 1 N–H and O–H groups in total. The first kappa shape index (κ1) is 38.2. The molecule has 1 amide bonds. The van der Waals surface area contributed by atoms with E-state index in [4.69, 9.17) is 14.2 Å². The third-order valence-electron chi connectivity index (χ3n) is 10.9. The molecule has 49 heavy (non-hydrogen) atoms. The Morgan fingerprint density at radius 1 is 1.14 bits per heavy atom. The van der Waals surface area contributed by atoms with Crippen molar-refractivity contribution in [2.45, 2.75) is 115 Å². The third kappa shape index (κ3) is 8.25. The Labute approximate surface area is 292 Å². The monoisotopic (exact) mass is 678 g/mol. The lowest BCUT2D eigenvalue weighted by Crippen LogP contribution is -2.61. The van der Waals surface area contributed by atoms with Gasteiger partial charge in [0, 0.05) is 38.4 Å². The molecule has 0 aromatic carbocycles. The van der Waals surface area contributed by atoms with Gasteiger partial charge >= 0.3 is 12.1 Å². The van der Waals surface area contributed by atoms with E-state index in [1.54, 1.807) is 29.8 Å². The molecule has 2 aromatic rings. The number of nitrogens with zero attached hydrogens (tertiary/aromatic N) is 5. The van der Waals surface area contributed by atoms with Gasteiger partial charge in [-0.25, -0.2) is 4.79 Å². The number of fused-ring (bicyclic) bond motifs is 1. The highest BCUT2D eigenvalue weighted by atomic mass is 16.6. The van der Waals surface area contributed by atoms with Gasteiger partial charge in [0.15, 0.2) is 5.60 Å². The van der Waals surface area contributed by atoms with Crippen molar-refractivity contribution in [3.8, 4) is 11.4 Å². The standard InChI is InChI=1S/C36H55BN6O6/c1-9-16-36(47-8)20-23(3)21-39-26(6)32-35(7,29(10-2)48-33(45)25(5)30(44)24(4)31(36)37)49-34(46)43(32)19-14-13-18-42-22-28(40-41-42)27-15-11-12-17-38-27/h9,11-12,15,17,22-26,29,31-32,39H,1,10,13-14,16,18-21,37H2,2-8H3/t23-,24+,25-,26-,29-,31-,32-,35-,36-/m1/s1. The summed E-state index contributed by atoms with van der Waals surface area (Å²) in [6.45, 7) is 17.1. The van der Waals surface area contributed by atoms with E-state index in [2.05, 4.69) is 41.0 Å². The number of esters is 1. The Hall–Kier alpha value is -3.58. The molecule has 13 heteroatoms. The average Bonchev–Trinajstić information content (AvgIpc) is 3.67. The summed E-state index contributed by atoms with van der Waals surface area (Å²) in [6, 6.07) is 5.01. The number of rotatable bonds is 10. The van der Waals surface area contributed by atoms with Gasteiger partial charge in [0.2, 0.25) is 0 Å². The van der Waals surface area contributed by atoms with E-state index in [-0.39, 0.29) is 23.6 Å².